The van der Waals surface area contributed by atoms with Gasteiger partial charge in [-0.05, 0) is 44.7 Å². The Balaban J connectivity index is 3.27. The van der Waals surface area contributed by atoms with Crippen molar-refractivity contribution in [1.82, 2.24) is 20.0 Å². The summed E-state index contributed by atoms with van der Waals surface area (Å²) in [6.45, 7) is 13.5. The van der Waals surface area contributed by atoms with E-state index in [1.54, 1.807) is 23.8 Å². The van der Waals surface area contributed by atoms with Crippen molar-refractivity contribution in [2.24, 2.45) is 29.6 Å². The summed E-state index contributed by atoms with van der Waals surface area (Å²) in [4.78, 5) is 72.0. The van der Waals surface area contributed by atoms with Crippen LogP contribution in [0.15, 0.2) is 0 Å². The zero-order chi connectivity index (χ0) is 37.7. The van der Waals surface area contributed by atoms with Gasteiger partial charge < -0.3 is 34.4 Å². The molecule has 284 valence electrons. The van der Waals surface area contributed by atoms with Gasteiger partial charge in [0.05, 0.1) is 56.4 Å². The van der Waals surface area contributed by atoms with Crippen LogP contribution < -0.4 is 5.32 Å². The normalized spacial score (nSPS) is 19.9. The Hall–Kier alpha value is -2.61. The highest BCUT2D eigenvalue weighted by atomic mass is 16.5. The monoisotopic (exact) mass is 698 g/mol. The molecule has 1 rings (SSSR count). The van der Waals surface area contributed by atoms with Crippen LogP contribution in [-0.2, 0) is 38.2 Å². The largest absolute Gasteiger partial charge is 0.469 e. The number of esters is 1. The molecule has 0 saturated carbocycles. The summed E-state index contributed by atoms with van der Waals surface area (Å²) in [6, 6.07) is -2.02. The lowest BCUT2D eigenvalue weighted by Crippen LogP contribution is -2.59. The number of likely N-dealkylation sites (N-methyl/N-ethyl adjacent to an activating group) is 2. The number of ketones is 1. The number of hydrogen-bond acceptors (Lipinski definition) is 10. The van der Waals surface area contributed by atoms with E-state index in [2.05, 4.69) is 5.32 Å². The topological polar surface area (TPSA) is 155 Å². The third-order valence-electron chi connectivity index (χ3n) is 10.2. The Morgan fingerprint density at radius 1 is 0.918 bits per heavy atom. The minimum atomic E-state index is -0.966. The van der Waals surface area contributed by atoms with Crippen molar-refractivity contribution in [3.8, 4) is 0 Å². The third kappa shape index (κ3) is 11.7. The molecular formula is C36H66N4O9. The summed E-state index contributed by atoms with van der Waals surface area (Å²) in [5.41, 5.74) is 0. The van der Waals surface area contributed by atoms with Crippen molar-refractivity contribution >= 4 is 29.5 Å². The number of Topliss-reactive ketones (excluding diaryl/α,β-unsaturated/α-hetero) is 1. The molecule has 49 heavy (non-hydrogen) atoms. The quantitative estimate of drug-likeness (QED) is 0.171. The van der Waals surface area contributed by atoms with Gasteiger partial charge in [0.2, 0.25) is 17.7 Å². The maximum atomic E-state index is 14.1. The van der Waals surface area contributed by atoms with Gasteiger partial charge in [-0.15, -0.1) is 0 Å². The first kappa shape index (κ1) is 44.4. The zero-order valence-corrected chi connectivity index (χ0v) is 32.4. The molecule has 1 aliphatic rings. The second-order valence-electron chi connectivity index (χ2n) is 14.5. The molecule has 0 radical (unpaired) electrons. The van der Waals surface area contributed by atoms with Crippen molar-refractivity contribution in [1.29, 1.82) is 0 Å². The van der Waals surface area contributed by atoms with Crippen LogP contribution in [0.2, 0.25) is 0 Å². The molecule has 1 fully saturated rings. The van der Waals surface area contributed by atoms with E-state index in [1.165, 1.54) is 21.3 Å². The van der Waals surface area contributed by atoms with E-state index in [-0.39, 0.29) is 60.1 Å². The van der Waals surface area contributed by atoms with Crippen molar-refractivity contribution in [3.05, 3.63) is 0 Å². The number of carbonyl (C=O) groups excluding carboxylic acids is 5. The molecule has 0 aromatic heterocycles. The van der Waals surface area contributed by atoms with Gasteiger partial charge in [0.15, 0.2) is 0 Å². The van der Waals surface area contributed by atoms with Gasteiger partial charge in [0.25, 0.3) is 0 Å². The summed E-state index contributed by atoms with van der Waals surface area (Å²) in [6.07, 6.45) is 0.622. The van der Waals surface area contributed by atoms with Crippen LogP contribution in [0.3, 0.4) is 0 Å². The number of amides is 3. The van der Waals surface area contributed by atoms with E-state index in [9.17, 15) is 29.1 Å². The average molecular weight is 699 g/mol. The van der Waals surface area contributed by atoms with Gasteiger partial charge in [-0.3, -0.25) is 28.9 Å². The number of nitrogens with zero attached hydrogens (tertiary/aromatic N) is 3. The van der Waals surface area contributed by atoms with Crippen LogP contribution in [0.1, 0.15) is 80.6 Å². The van der Waals surface area contributed by atoms with Crippen molar-refractivity contribution in [3.63, 3.8) is 0 Å². The van der Waals surface area contributed by atoms with Crippen LogP contribution in [-0.4, -0.2) is 141 Å². The van der Waals surface area contributed by atoms with E-state index in [1.807, 2.05) is 60.5 Å². The van der Waals surface area contributed by atoms with Crippen LogP contribution in [0.5, 0.6) is 0 Å². The van der Waals surface area contributed by atoms with Crippen molar-refractivity contribution in [2.45, 2.75) is 117 Å². The maximum Gasteiger partial charge on any atom is 0.311 e. The first-order chi connectivity index (χ1) is 22.9. The highest BCUT2D eigenvalue weighted by molar-refractivity contribution is 5.90. The molecule has 9 atom stereocenters. The van der Waals surface area contributed by atoms with Crippen molar-refractivity contribution in [2.75, 3.05) is 55.6 Å². The summed E-state index contributed by atoms with van der Waals surface area (Å²) in [7, 11) is 9.65. The Kier molecular flexibility index (Phi) is 19.0. The van der Waals surface area contributed by atoms with Crippen LogP contribution >= 0.6 is 0 Å². The standard InChI is InChI=1S/C36H66N4O9/c1-14-23(6)32(39(10)35(45)30(21(2)3)37-34(44)31(22(4)5)38(8)9)28(47-11)19-29(43)40-17-15-16-26(40)33(48-12)24(7)27(42)18-25(20-41)36(46)49-13/h21-26,28,30-33,41H,14-20H2,1-13H3,(H,37,44)/t23-,24-,25-,26-,28+,30-,31-,32-,33+/m0/s1. The molecule has 2 N–H and O–H groups in total. The number of ether oxygens (including phenoxy) is 3. The lowest BCUT2D eigenvalue weighted by atomic mass is 9.87. The first-order valence-electron chi connectivity index (χ1n) is 17.7. The fourth-order valence-electron chi connectivity index (χ4n) is 7.26. The number of hydrogen-bond donors (Lipinski definition) is 2. The van der Waals surface area contributed by atoms with E-state index >= 15 is 0 Å². The molecule has 0 aromatic carbocycles. The predicted octanol–water partition coefficient (Wildman–Crippen LogP) is 2.37. The van der Waals surface area contributed by atoms with Crippen LogP contribution in [0, 0.1) is 29.6 Å². The van der Waals surface area contributed by atoms with Crippen molar-refractivity contribution < 1.29 is 43.3 Å². The summed E-state index contributed by atoms with van der Waals surface area (Å²) in [5, 5.41) is 12.6. The molecule has 13 heteroatoms. The molecule has 1 saturated heterocycles. The Morgan fingerprint density at radius 2 is 1.53 bits per heavy atom. The molecule has 0 aliphatic carbocycles. The second kappa shape index (κ2) is 20.9. The number of carbonyl (C=O) groups is 5. The summed E-state index contributed by atoms with van der Waals surface area (Å²) >= 11 is 0. The smallest absolute Gasteiger partial charge is 0.311 e. The van der Waals surface area contributed by atoms with E-state index < -0.39 is 54.7 Å². The van der Waals surface area contributed by atoms with Crippen LogP contribution in [0.4, 0.5) is 0 Å². The lowest BCUT2D eigenvalue weighted by molar-refractivity contribution is -0.150. The molecule has 1 heterocycles. The zero-order valence-electron chi connectivity index (χ0n) is 32.4. The number of nitrogens with one attached hydrogen (secondary N) is 1. The number of methoxy groups -OCH3 is 3. The Labute approximate surface area is 294 Å². The molecule has 0 bridgehead atoms. The first-order valence-corrected chi connectivity index (χ1v) is 17.7. The molecule has 13 nitrogen and oxygen atoms in total. The Bertz CT molecular complexity index is 1080. The molecule has 3 amide bonds. The lowest BCUT2D eigenvalue weighted by Gasteiger charge is -2.41. The van der Waals surface area contributed by atoms with E-state index in [0.29, 0.717) is 13.0 Å². The number of rotatable bonds is 21. The molecular weight excluding hydrogens is 632 g/mol. The van der Waals surface area contributed by atoms with E-state index in [4.69, 9.17) is 14.2 Å². The second-order valence-corrected chi connectivity index (χ2v) is 14.5. The molecule has 1 aliphatic heterocycles. The van der Waals surface area contributed by atoms with Gasteiger partial charge in [-0.25, -0.2) is 0 Å². The fraction of sp³-hybridized carbons (Fsp3) is 0.861. The number of aliphatic hydroxyl groups excluding tert-OH is 1. The summed E-state index contributed by atoms with van der Waals surface area (Å²) < 4.78 is 16.5. The van der Waals surface area contributed by atoms with Gasteiger partial charge in [0, 0.05) is 40.2 Å². The predicted molar refractivity (Wildman–Crippen MR) is 187 cm³/mol. The SMILES string of the molecule is CC[C@H](C)[C@@H]([C@@H](CC(=O)N1CCC[C@H]1[C@H](OC)[C@@H](C)C(=O)C[C@@H](CO)C(=O)OC)OC)N(C)C(=O)[C@@H](NC(=O)[C@H](C(C)C)N(C)C)C(C)C. The third-order valence-corrected chi connectivity index (χ3v) is 10.2. The molecule has 0 aromatic rings. The molecule has 0 unspecified atom stereocenters. The fourth-order valence-corrected chi connectivity index (χ4v) is 7.26. The highest BCUT2D eigenvalue weighted by Gasteiger charge is 2.43. The minimum absolute atomic E-state index is 0.00206. The van der Waals surface area contributed by atoms with Gasteiger partial charge in [0.1, 0.15) is 11.8 Å². The summed E-state index contributed by atoms with van der Waals surface area (Å²) in [5.74, 6) is -3.35. The van der Waals surface area contributed by atoms with Gasteiger partial charge >= 0.3 is 5.97 Å². The Morgan fingerprint density at radius 3 is 1.98 bits per heavy atom. The maximum absolute atomic E-state index is 14.1. The van der Waals surface area contributed by atoms with Gasteiger partial charge in [-0.2, -0.15) is 0 Å². The number of aliphatic hydroxyl groups is 1. The van der Waals surface area contributed by atoms with E-state index in [0.717, 1.165) is 12.8 Å². The average Bonchev–Trinajstić information content (AvgIpc) is 3.54. The van der Waals surface area contributed by atoms with Gasteiger partial charge in [-0.1, -0.05) is 54.9 Å². The highest BCUT2D eigenvalue weighted by Crippen LogP contribution is 2.30. The van der Waals surface area contributed by atoms with Crippen LogP contribution in [0.25, 0.3) is 0 Å². The molecule has 0 spiro atoms. The minimum Gasteiger partial charge on any atom is -0.469 e. The number of likely N-dealkylation sites (tertiary alicyclic amines) is 1.